The van der Waals surface area contributed by atoms with E-state index in [0.717, 1.165) is 6.42 Å². The third kappa shape index (κ3) is 7.02. The molecule has 0 heterocycles. The van der Waals surface area contributed by atoms with Crippen LogP contribution in [-0.2, 0) is 9.53 Å². The molecule has 1 atom stereocenters. The molecule has 0 saturated heterocycles. The number of carbonyl (C=O) groups is 1. The minimum atomic E-state index is -0.245. The maximum absolute atomic E-state index is 9.59. The third-order valence-electron chi connectivity index (χ3n) is 1.25. The Bertz CT molecular complexity index is 182. The predicted molar refractivity (Wildman–Crippen MR) is 46.6 cm³/mol. The molecule has 1 aliphatic rings. The molecule has 0 amide bonds. The van der Waals surface area contributed by atoms with E-state index < -0.39 is 0 Å². The highest BCUT2D eigenvalue weighted by molar-refractivity contribution is 5.65. The molecule has 1 unspecified atom stereocenters. The first-order valence-corrected chi connectivity index (χ1v) is 3.72. The summed E-state index contributed by atoms with van der Waals surface area (Å²) in [4.78, 5) is 9.59. The Hall–Kier alpha value is -1.09. The van der Waals surface area contributed by atoms with Gasteiger partial charge in [0, 0.05) is 6.92 Å². The lowest BCUT2D eigenvalue weighted by Gasteiger charge is -2.01. The molecule has 0 aliphatic heterocycles. The Morgan fingerprint density at radius 1 is 1.58 bits per heavy atom. The van der Waals surface area contributed by atoms with Crippen LogP contribution in [0.2, 0.25) is 0 Å². The number of carbonyl (C=O) groups excluding carboxylic acids is 1. The van der Waals surface area contributed by atoms with E-state index in [0.29, 0.717) is 0 Å². The van der Waals surface area contributed by atoms with Gasteiger partial charge >= 0.3 is 5.97 Å². The van der Waals surface area contributed by atoms with E-state index in [1.807, 2.05) is 18.2 Å². The van der Waals surface area contributed by atoms with Gasteiger partial charge < -0.3 is 9.84 Å². The van der Waals surface area contributed by atoms with E-state index >= 15 is 0 Å². The molecule has 3 nitrogen and oxygen atoms in total. The number of esters is 1. The van der Waals surface area contributed by atoms with Gasteiger partial charge in [0.15, 0.2) is 0 Å². The molecule has 0 aromatic rings. The van der Waals surface area contributed by atoms with Crippen LogP contribution in [0.1, 0.15) is 13.3 Å². The molecule has 1 aliphatic carbocycles. The zero-order valence-corrected chi connectivity index (χ0v) is 7.36. The fraction of sp³-hybridized carbons (Fsp3) is 0.444. The van der Waals surface area contributed by atoms with Gasteiger partial charge in [-0.3, -0.25) is 4.79 Å². The van der Waals surface area contributed by atoms with Crippen LogP contribution in [0.25, 0.3) is 0 Å². The average molecular weight is 170 g/mol. The lowest BCUT2D eigenvalue weighted by Crippen LogP contribution is -2.00. The molecule has 0 aromatic heterocycles. The molecule has 0 radical (unpaired) electrons. The molecule has 0 spiro atoms. The van der Waals surface area contributed by atoms with Crippen molar-refractivity contribution < 1.29 is 14.6 Å². The van der Waals surface area contributed by atoms with Crippen molar-refractivity contribution in [2.45, 2.75) is 19.4 Å². The van der Waals surface area contributed by atoms with Crippen LogP contribution in [-0.4, -0.2) is 24.3 Å². The summed E-state index contributed by atoms with van der Waals surface area (Å²) < 4.78 is 4.11. The van der Waals surface area contributed by atoms with Gasteiger partial charge in [0.1, 0.15) is 0 Å². The van der Waals surface area contributed by atoms with E-state index in [1.165, 1.54) is 14.0 Å². The second-order valence-electron chi connectivity index (χ2n) is 2.31. The average Bonchev–Trinajstić information content (AvgIpc) is 2.07. The van der Waals surface area contributed by atoms with Crippen LogP contribution in [0, 0.1) is 0 Å². The summed E-state index contributed by atoms with van der Waals surface area (Å²) in [5.74, 6) is -0.245. The van der Waals surface area contributed by atoms with Crippen LogP contribution in [0.3, 0.4) is 0 Å². The first kappa shape index (κ1) is 10.9. The van der Waals surface area contributed by atoms with Crippen molar-refractivity contribution in [3.05, 3.63) is 24.3 Å². The molecule has 0 bridgehead atoms. The van der Waals surface area contributed by atoms with Crippen molar-refractivity contribution in [3.63, 3.8) is 0 Å². The van der Waals surface area contributed by atoms with Gasteiger partial charge in [0.2, 0.25) is 0 Å². The standard InChI is InChI=1S/C6H8O.C3H6O2/c7-6-4-2-1-3-5-6;1-3(4)5-2/h1-4,6-7H,5H2;1-2H3. The summed E-state index contributed by atoms with van der Waals surface area (Å²) in [6, 6.07) is 0. The molecule has 3 heteroatoms. The third-order valence-corrected chi connectivity index (χ3v) is 1.25. The topological polar surface area (TPSA) is 46.5 Å². The first-order chi connectivity index (χ1) is 5.66. The Morgan fingerprint density at radius 2 is 2.17 bits per heavy atom. The lowest BCUT2D eigenvalue weighted by molar-refractivity contribution is -0.137. The van der Waals surface area contributed by atoms with E-state index in [-0.39, 0.29) is 12.1 Å². The van der Waals surface area contributed by atoms with Crippen molar-refractivity contribution in [2.24, 2.45) is 0 Å². The Kier molecular flexibility index (Phi) is 6.01. The maximum atomic E-state index is 9.59. The molecular formula is C9H14O3. The van der Waals surface area contributed by atoms with Crippen molar-refractivity contribution in [3.8, 4) is 0 Å². The summed E-state index contributed by atoms with van der Waals surface area (Å²) in [6.07, 6.45) is 8.06. The zero-order valence-electron chi connectivity index (χ0n) is 7.36. The summed E-state index contributed by atoms with van der Waals surface area (Å²) in [5, 5.41) is 8.77. The number of allylic oxidation sites excluding steroid dienone is 2. The highest BCUT2D eigenvalue weighted by Crippen LogP contribution is 2.00. The highest BCUT2D eigenvalue weighted by Gasteiger charge is 1.95. The Morgan fingerprint density at radius 3 is 2.33 bits per heavy atom. The molecule has 1 N–H and O–H groups in total. The smallest absolute Gasteiger partial charge is 0.302 e. The SMILES string of the molecule is COC(C)=O.OC1C=CC=CC1. The summed E-state index contributed by atoms with van der Waals surface area (Å²) in [6.45, 7) is 1.36. The maximum Gasteiger partial charge on any atom is 0.302 e. The number of hydrogen-bond donors (Lipinski definition) is 1. The van der Waals surface area contributed by atoms with E-state index in [1.54, 1.807) is 6.08 Å². The molecule has 0 fully saturated rings. The van der Waals surface area contributed by atoms with Crippen molar-refractivity contribution in [2.75, 3.05) is 7.11 Å². The van der Waals surface area contributed by atoms with Crippen LogP contribution in [0.15, 0.2) is 24.3 Å². The molecule has 12 heavy (non-hydrogen) atoms. The van der Waals surface area contributed by atoms with Crippen molar-refractivity contribution in [1.29, 1.82) is 0 Å². The lowest BCUT2D eigenvalue weighted by atomic mass is 10.1. The molecule has 0 aromatic carbocycles. The molecule has 68 valence electrons. The fourth-order valence-corrected chi connectivity index (χ4v) is 0.568. The molecular weight excluding hydrogens is 156 g/mol. The monoisotopic (exact) mass is 170 g/mol. The largest absolute Gasteiger partial charge is 0.469 e. The summed E-state index contributed by atoms with van der Waals surface area (Å²) in [5.41, 5.74) is 0. The summed E-state index contributed by atoms with van der Waals surface area (Å²) in [7, 11) is 1.35. The predicted octanol–water partition coefficient (Wildman–Crippen LogP) is 1.04. The van der Waals surface area contributed by atoms with Gasteiger partial charge in [-0.25, -0.2) is 0 Å². The van der Waals surface area contributed by atoms with E-state index in [2.05, 4.69) is 4.74 Å². The van der Waals surface area contributed by atoms with Crippen LogP contribution in [0.5, 0.6) is 0 Å². The van der Waals surface area contributed by atoms with Crippen LogP contribution in [0.4, 0.5) is 0 Å². The van der Waals surface area contributed by atoms with Gasteiger partial charge in [-0.1, -0.05) is 24.3 Å². The second-order valence-corrected chi connectivity index (χ2v) is 2.31. The van der Waals surface area contributed by atoms with Crippen LogP contribution < -0.4 is 0 Å². The quantitative estimate of drug-likeness (QED) is 0.552. The number of ether oxygens (including phenoxy) is 1. The van der Waals surface area contributed by atoms with E-state index in [4.69, 9.17) is 5.11 Å². The zero-order chi connectivity index (χ0) is 9.40. The first-order valence-electron chi connectivity index (χ1n) is 3.72. The van der Waals surface area contributed by atoms with Gasteiger partial charge in [-0.2, -0.15) is 0 Å². The minimum absolute atomic E-state index is 0.231. The van der Waals surface area contributed by atoms with Gasteiger partial charge in [-0.05, 0) is 6.42 Å². The normalized spacial score (nSPS) is 19.4. The van der Waals surface area contributed by atoms with Gasteiger partial charge in [-0.15, -0.1) is 0 Å². The number of hydrogen-bond acceptors (Lipinski definition) is 3. The number of rotatable bonds is 0. The number of aliphatic hydroxyl groups is 1. The van der Waals surface area contributed by atoms with Crippen molar-refractivity contribution in [1.82, 2.24) is 0 Å². The van der Waals surface area contributed by atoms with Crippen molar-refractivity contribution >= 4 is 5.97 Å². The van der Waals surface area contributed by atoms with Gasteiger partial charge in [0.25, 0.3) is 0 Å². The van der Waals surface area contributed by atoms with E-state index in [9.17, 15) is 4.79 Å². The molecule has 0 saturated carbocycles. The Balaban J connectivity index is 0.000000217. The highest BCUT2D eigenvalue weighted by atomic mass is 16.5. The second kappa shape index (κ2) is 6.61. The Labute approximate surface area is 72.3 Å². The summed E-state index contributed by atoms with van der Waals surface area (Å²) >= 11 is 0. The minimum Gasteiger partial charge on any atom is -0.469 e. The number of aliphatic hydroxyl groups excluding tert-OH is 1. The molecule has 1 rings (SSSR count). The van der Waals surface area contributed by atoms with Crippen LogP contribution >= 0.6 is 0 Å². The number of methoxy groups -OCH3 is 1. The van der Waals surface area contributed by atoms with Gasteiger partial charge in [0.05, 0.1) is 13.2 Å². The fourth-order valence-electron chi connectivity index (χ4n) is 0.568.